The molecule has 20 heavy (non-hydrogen) atoms. The van der Waals surface area contributed by atoms with Gasteiger partial charge in [0.05, 0.1) is 17.7 Å². The van der Waals surface area contributed by atoms with Crippen molar-refractivity contribution in [1.29, 1.82) is 5.26 Å². The maximum Gasteiger partial charge on any atom is 0.415 e. The molecule has 0 aliphatic carbocycles. The van der Waals surface area contributed by atoms with Crippen molar-refractivity contribution in [3.8, 4) is 6.07 Å². The van der Waals surface area contributed by atoms with Crippen LogP contribution in [0, 0.1) is 11.3 Å². The highest BCUT2D eigenvalue weighted by molar-refractivity contribution is 5.32. The third-order valence-corrected chi connectivity index (χ3v) is 2.77. The fourth-order valence-electron chi connectivity index (χ4n) is 1.65. The maximum absolute atomic E-state index is 12.2. The zero-order valence-corrected chi connectivity index (χ0v) is 10.8. The standard InChI is InChI=1S/C13H15F3N2O2/c1-18(8-12(20)13(14,15)16)7-11(19)10-4-2-9(6-17)3-5-10/h2-5,11-12,19-20H,7-8H2,1H3. The molecule has 0 radical (unpaired) electrons. The molecule has 7 heteroatoms. The van der Waals surface area contributed by atoms with Crippen LogP contribution in [0.25, 0.3) is 0 Å². The number of likely N-dealkylation sites (N-methyl/N-ethyl adjacent to an activating group) is 1. The summed E-state index contributed by atoms with van der Waals surface area (Å²) in [6.07, 6.45) is -8.11. The summed E-state index contributed by atoms with van der Waals surface area (Å²) in [5.41, 5.74) is 0.930. The third kappa shape index (κ3) is 4.81. The predicted octanol–water partition coefficient (Wildman–Crippen LogP) is 1.45. The van der Waals surface area contributed by atoms with Gasteiger partial charge < -0.3 is 15.1 Å². The van der Waals surface area contributed by atoms with E-state index in [1.165, 1.54) is 36.2 Å². The molecule has 2 N–H and O–H groups in total. The molecule has 2 unspecified atom stereocenters. The summed E-state index contributed by atoms with van der Waals surface area (Å²) in [4.78, 5) is 1.20. The van der Waals surface area contributed by atoms with Crippen LogP contribution in [0.5, 0.6) is 0 Å². The van der Waals surface area contributed by atoms with E-state index in [9.17, 15) is 18.3 Å². The number of aliphatic hydroxyl groups is 2. The van der Waals surface area contributed by atoms with E-state index in [1.54, 1.807) is 0 Å². The van der Waals surface area contributed by atoms with Crippen molar-refractivity contribution in [2.45, 2.75) is 18.4 Å². The lowest BCUT2D eigenvalue weighted by atomic mass is 10.1. The first-order valence-corrected chi connectivity index (χ1v) is 5.85. The van der Waals surface area contributed by atoms with E-state index >= 15 is 0 Å². The van der Waals surface area contributed by atoms with Crippen LogP contribution in [0.15, 0.2) is 24.3 Å². The van der Waals surface area contributed by atoms with Gasteiger partial charge in [-0.05, 0) is 24.7 Å². The second-order valence-corrected chi connectivity index (χ2v) is 4.53. The molecule has 2 atom stereocenters. The van der Waals surface area contributed by atoms with Gasteiger partial charge in [-0.1, -0.05) is 12.1 Å². The molecule has 0 aromatic heterocycles. The zero-order chi connectivity index (χ0) is 15.3. The van der Waals surface area contributed by atoms with Crippen molar-refractivity contribution in [3.05, 3.63) is 35.4 Å². The van der Waals surface area contributed by atoms with Gasteiger partial charge in [0.25, 0.3) is 0 Å². The van der Waals surface area contributed by atoms with E-state index in [4.69, 9.17) is 10.4 Å². The lowest BCUT2D eigenvalue weighted by Crippen LogP contribution is -2.40. The summed E-state index contributed by atoms with van der Waals surface area (Å²) >= 11 is 0. The Hall–Kier alpha value is -1.62. The van der Waals surface area contributed by atoms with E-state index in [-0.39, 0.29) is 6.54 Å². The minimum absolute atomic E-state index is 0.0565. The molecule has 1 aromatic rings. The van der Waals surface area contributed by atoms with Crippen LogP contribution in [-0.4, -0.2) is 47.5 Å². The summed E-state index contributed by atoms with van der Waals surface area (Å²) in [6, 6.07) is 8.04. The molecule has 0 spiro atoms. The Morgan fingerprint density at radius 3 is 2.20 bits per heavy atom. The van der Waals surface area contributed by atoms with Crippen LogP contribution in [0.3, 0.4) is 0 Å². The average Bonchev–Trinajstić information content (AvgIpc) is 2.37. The Morgan fingerprint density at radius 1 is 1.20 bits per heavy atom. The number of benzene rings is 1. The molecule has 0 saturated heterocycles. The summed E-state index contributed by atoms with van der Waals surface area (Å²) in [6.45, 7) is -0.671. The zero-order valence-electron chi connectivity index (χ0n) is 10.8. The normalized spacial score (nSPS) is 14.9. The minimum Gasteiger partial charge on any atom is -0.387 e. The highest BCUT2D eigenvalue weighted by Crippen LogP contribution is 2.21. The number of alkyl halides is 3. The number of hydrogen-bond donors (Lipinski definition) is 2. The molecule has 0 fully saturated rings. The van der Waals surface area contributed by atoms with Gasteiger partial charge in [-0.15, -0.1) is 0 Å². The van der Waals surface area contributed by atoms with Crippen LogP contribution >= 0.6 is 0 Å². The number of halogens is 3. The van der Waals surface area contributed by atoms with Crippen LogP contribution in [-0.2, 0) is 0 Å². The van der Waals surface area contributed by atoms with Crippen LogP contribution in [0.1, 0.15) is 17.2 Å². The summed E-state index contributed by atoms with van der Waals surface area (Å²) in [7, 11) is 1.38. The fourth-order valence-corrected chi connectivity index (χ4v) is 1.65. The first kappa shape index (κ1) is 16.4. The van der Waals surface area contributed by atoms with Crippen LogP contribution < -0.4 is 0 Å². The molecule has 0 aliphatic rings. The molecule has 0 saturated carbocycles. The molecule has 110 valence electrons. The number of nitrogens with zero attached hydrogens (tertiary/aromatic N) is 2. The van der Waals surface area contributed by atoms with E-state index in [0.29, 0.717) is 11.1 Å². The van der Waals surface area contributed by atoms with E-state index < -0.39 is 24.9 Å². The van der Waals surface area contributed by atoms with Crippen LogP contribution in [0.4, 0.5) is 13.2 Å². The van der Waals surface area contributed by atoms with Gasteiger partial charge in [0, 0.05) is 13.1 Å². The van der Waals surface area contributed by atoms with Crippen molar-refractivity contribution in [1.82, 2.24) is 4.90 Å². The Balaban J connectivity index is 2.57. The van der Waals surface area contributed by atoms with Gasteiger partial charge in [-0.3, -0.25) is 0 Å². The van der Waals surface area contributed by atoms with Crippen molar-refractivity contribution in [2.75, 3.05) is 20.1 Å². The molecular formula is C13H15F3N2O2. The van der Waals surface area contributed by atoms with E-state index in [2.05, 4.69) is 0 Å². The summed E-state index contributed by atoms with van der Waals surface area (Å²) in [5.74, 6) is 0. The lowest BCUT2D eigenvalue weighted by Gasteiger charge is -2.24. The van der Waals surface area contributed by atoms with Crippen molar-refractivity contribution in [2.24, 2.45) is 0 Å². The van der Waals surface area contributed by atoms with E-state index in [1.807, 2.05) is 6.07 Å². The number of aliphatic hydroxyl groups excluding tert-OH is 2. The van der Waals surface area contributed by atoms with Gasteiger partial charge in [-0.2, -0.15) is 18.4 Å². The number of hydrogen-bond acceptors (Lipinski definition) is 4. The molecule has 0 amide bonds. The van der Waals surface area contributed by atoms with Crippen LogP contribution in [0.2, 0.25) is 0 Å². The summed E-state index contributed by atoms with van der Waals surface area (Å²) < 4.78 is 36.6. The smallest absolute Gasteiger partial charge is 0.387 e. The molecule has 0 aliphatic heterocycles. The highest BCUT2D eigenvalue weighted by Gasteiger charge is 2.38. The number of rotatable bonds is 5. The molecule has 0 bridgehead atoms. The minimum atomic E-state index is -4.67. The average molecular weight is 288 g/mol. The lowest BCUT2D eigenvalue weighted by molar-refractivity contribution is -0.207. The largest absolute Gasteiger partial charge is 0.415 e. The fraction of sp³-hybridized carbons (Fsp3) is 0.462. The predicted molar refractivity (Wildman–Crippen MR) is 65.7 cm³/mol. The van der Waals surface area contributed by atoms with E-state index in [0.717, 1.165) is 0 Å². The summed E-state index contributed by atoms with van der Waals surface area (Å²) in [5, 5.41) is 27.4. The monoisotopic (exact) mass is 288 g/mol. The van der Waals surface area contributed by atoms with Gasteiger partial charge >= 0.3 is 6.18 Å². The molecular weight excluding hydrogens is 273 g/mol. The maximum atomic E-state index is 12.2. The SMILES string of the molecule is CN(CC(O)c1ccc(C#N)cc1)CC(O)C(F)(F)F. The first-order chi connectivity index (χ1) is 9.24. The second-order valence-electron chi connectivity index (χ2n) is 4.53. The Bertz CT molecular complexity index is 468. The van der Waals surface area contributed by atoms with Crippen molar-refractivity contribution >= 4 is 0 Å². The van der Waals surface area contributed by atoms with Gasteiger partial charge in [0.2, 0.25) is 0 Å². The van der Waals surface area contributed by atoms with Crippen molar-refractivity contribution < 1.29 is 23.4 Å². The van der Waals surface area contributed by atoms with Gasteiger partial charge in [-0.25, -0.2) is 0 Å². The Morgan fingerprint density at radius 2 is 1.75 bits per heavy atom. The molecule has 1 rings (SSSR count). The van der Waals surface area contributed by atoms with Gasteiger partial charge in [0.15, 0.2) is 6.10 Å². The Kier molecular flexibility index (Phi) is 5.51. The third-order valence-electron chi connectivity index (χ3n) is 2.77. The second kappa shape index (κ2) is 6.70. The quantitative estimate of drug-likeness (QED) is 0.860. The molecule has 1 aromatic carbocycles. The topological polar surface area (TPSA) is 67.5 Å². The first-order valence-electron chi connectivity index (χ1n) is 5.85. The molecule has 4 nitrogen and oxygen atoms in total. The molecule has 0 heterocycles. The number of nitriles is 1. The van der Waals surface area contributed by atoms with Crippen molar-refractivity contribution in [3.63, 3.8) is 0 Å². The Labute approximate surface area is 114 Å². The highest BCUT2D eigenvalue weighted by atomic mass is 19.4. The van der Waals surface area contributed by atoms with Gasteiger partial charge in [0.1, 0.15) is 0 Å².